The van der Waals surface area contributed by atoms with Gasteiger partial charge in [0.25, 0.3) is 0 Å². The van der Waals surface area contributed by atoms with E-state index in [1.807, 2.05) is 18.3 Å². The van der Waals surface area contributed by atoms with Crippen LogP contribution in [0.2, 0.25) is 0 Å². The molecule has 0 N–H and O–H groups in total. The van der Waals surface area contributed by atoms with Gasteiger partial charge in [-0.2, -0.15) is 0 Å². The molecule has 1 fully saturated rings. The molecular weight excluding hydrogens is 358 g/mol. The number of ether oxygens (including phenoxy) is 2. The summed E-state index contributed by atoms with van der Waals surface area (Å²) in [5.41, 5.74) is 1.48. The Balaban J connectivity index is 1.57. The zero-order valence-corrected chi connectivity index (χ0v) is 16.0. The van der Waals surface area contributed by atoms with E-state index < -0.39 is 0 Å². The number of piperazine rings is 1. The van der Waals surface area contributed by atoms with Crippen molar-refractivity contribution in [1.29, 1.82) is 0 Å². The molecule has 1 aromatic carbocycles. The molecule has 2 aromatic rings. The zero-order chi connectivity index (χ0) is 19.9. The van der Waals surface area contributed by atoms with E-state index in [9.17, 15) is 9.59 Å². The van der Waals surface area contributed by atoms with Crippen molar-refractivity contribution in [3.05, 3.63) is 60.4 Å². The molecule has 0 spiro atoms. The number of pyridine rings is 1. The van der Waals surface area contributed by atoms with Crippen LogP contribution in [0.25, 0.3) is 0 Å². The fourth-order valence-electron chi connectivity index (χ4n) is 3.06. The average Bonchev–Trinajstić information content (AvgIpc) is 2.77. The number of allylic oxidation sites excluding steroid dienone is 1. The van der Waals surface area contributed by atoms with Crippen LogP contribution in [-0.2, 0) is 4.79 Å². The van der Waals surface area contributed by atoms with Gasteiger partial charge in [0.2, 0.25) is 5.91 Å². The van der Waals surface area contributed by atoms with Gasteiger partial charge < -0.3 is 19.3 Å². The van der Waals surface area contributed by atoms with E-state index in [2.05, 4.69) is 9.88 Å². The molecule has 7 heteroatoms. The van der Waals surface area contributed by atoms with Gasteiger partial charge in [-0.05, 0) is 36.4 Å². The second-order valence-corrected chi connectivity index (χ2v) is 6.29. The Morgan fingerprint density at radius 2 is 1.75 bits per heavy atom. The van der Waals surface area contributed by atoms with Crippen LogP contribution >= 0.6 is 0 Å². The third-order valence-electron chi connectivity index (χ3n) is 4.65. The molecule has 146 valence electrons. The zero-order valence-electron chi connectivity index (χ0n) is 16.0. The summed E-state index contributed by atoms with van der Waals surface area (Å²) in [5, 5.41) is 0. The number of carbonyl (C=O) groups excluding carboxylic acids is 2. The standard InChI is InChI=1S/C21H23N3O4/c1-27-19-7-5-16(14-20(19)28-2)18(25)6-8-21(26)24-12-10-23(11-13-24)17-4-3-9-22-15-17/h3-9,14-15H,10-13H2,1-2H3/b8-6+. The molecule has 0 bridgehead atoms. The second-order valence-electron chi connectivity index (χ2n) is 6.29. The number of benzene rings is 1. The van der Waals surface area contributed by atoms with E-state index in [1.54, 1.807) is 29.3 Å². The Hall–Kier alpha value is -3.35. The van der Waals surface area contributed by atoms with Crippen LogP contribution in [0, 0.1) is 0 Å². The molecule has 1 aromatic heterocycles. The first-order chi connectivity index (χ1) is 13.6. The Morgan fingerprint density at radius 1 is 1.00 bits per heavy atom. The van der Waals surface area contributed by atoms with Crippen molar-refractivity contribution in [2.45, 2.75) is 0 Å². The molecular formula is C21H23N3O4. The van der Waals surface area contributed by atoms with E-state index in [0.29, 0.717) is 30.2 Å². The minimum Gasteiger partial charge on any atom is -0.493 e. The molecule has 1 aliphatic rings. The summed E-state index contributed by atoms with van der Waals surface area (Å²) in [6.45, 7) is 2.66. The monoisotopic (exact) mass is 381 g/mol. The van der Waals surface area contributed by atoms with Crippen LogP contribution in [0.4, 0.5) is 5.69 Å². The second kappa shape index (κ2) is 9.03. The maximum Gasteiger partial charge on any atom is 0.246 e. The number of methoxy groups -OCH3 is 2. The van der Waals surface area contributed by atoms with Crippen molar-refractivity contribution in [1.82, 2.24) is 9.88 Å². The molecule has 2 heterocycles. The third-order valence-corrected chi connectivity index (χ3v) is 4.65. The molecule has 0 aliphatic carbocycles. The highest BCUT2D eigenvalue weighted by Crippen LogP contribution is 2.27. The first-order valence-electron chi connectivity index (χ1n) is 9.00. The lowest BCUT2D eigenvalue weighted by Crippen LogP contribution is -2.48. The predicted octanol–water partition coefficient (Wildman–Crippen LogP) is 2.19. The van der Waals surface area contributed by atoms with Crippen molar-refractivity contribution in [2.24, 2.45) is 0 Å². The van der Waals surface area contributed by atoms with Crippen molar-refractivity contribution >= 4 is 17.4 Å². The minimum absolute atomic E-state index is 0.167. The van der Waals surface area contributed by atoms with Gasteiger partial charge in [0.15, 0.2) is 17.3 Å². The Bertz CT molecular complexity index is 859. The summed E-state index contributed by atoms with van der Waals surface area (Å²) in [6, 6.07) is 8.81. The first kappa shape index (κ1) is 19.4. The molecule has 3 rings (SSSR count). The number of rotatable bonds is 6. The molecule has 1 aliphatic heterocycles. The number of carbonyl (C=O) groups is 2. The highest BCUT2D eigenvalue weighted by molar-refractivity contribution is 6.07. The summed E-state index contributed by atoms with van der Waals surface area (Å²) < 4.78 is 10.4. The maximum absolute atomic E-state index is 12.4. The van der Waals surface area contributed by atoms with Crippen LogP contribution in [0.1, 0.15) is 10.4 Å². The molecule has 0 saturated carbocycles. The summed E-state index contributed by atoms with van der Waals surface area (Å²) in [4.78, 5) is 32.8. The lowest BCUT2D eigenvalue weighted by atomic mass is 10.1. The fourth-order valence-corrected chi connectivity index (χ4v) is 3.06. The lowest BCUT2D eigenvalue weighted by molar-refractivity contribution is -0.126. The van der Waals surface area contributed by atoms with Gasteiger partial charge in [0, 0.05) is 44.0 Å². The number of ketones is 1. The topological polar surface area (TPSA) is 72.0 Å². The van der Waals surface area contributed by atoms with Crippen LogP contribution in [0.5, 0.6) is 11.5 Å². The molecule has 0 atom stereocenters. The lowest BCUT2D eigenvalue weighted by Gasteiger charge is -2.35. The van der Waals surface area contributed by atoms with Gasteiger partial charge in [-0.3, -0.25) is 14.6 Å². The Labute approximate surface area is 164 Å². The van der Waals surface area contributed by atoms with Crippen LogP contribution in [0.15, 0.2) is 54.9 Å². The minimum atomic E-state index is -0.261. The molecule has 0 radical (unpaired) electrons. The van der Waals surface area contributed by atoms with Crippen LogP contribution in [-0.4, -0.2) is 62.0 Å². The number of anilines is 1. The molecule has 7 nitrogen and oxygen atoms in total. The molecule has 0 unspecified atom stereocenters. The largest absolute Gasteiger partial charge is 0.493 e. The van der Waals surface area contributed by atoms with Gasteiger partial charge >= 0.3 is 0 Å². The Kier molecular flexibility index (Phi) is 6.26. The van der Waals surface area contributed by atoms with Crippen molar-refractivity contribution < 1.29 is 19.1 Å². The number of hydrogen-bond acceptors (Lipinski definition) is 6. The summed E-state index contributed by atoms with van der Waals surface area (Å²) in [6.07, 6.45) is 6.19. The van der Waals surface area contributed by atoms with Crippen molar-refractivity contribution in [2.75, 3.05) is 45.3 Å². The quantitative estimate of drug-likeness (QED) is 0.564. The van der Waals surface area contributed by atoms with Crippen molar-refractivity contribution in [3.8, 4) is 11.5 Å². The van der Waals surface area contributed by atoms with E-state index >= 15 is 0 Å². The van der Waals surface area contributed by atoms with E-state index in [4.69, 9.17) is 9.47 Å². The normalized spacial score (nSPS) is 14.2. The van der Waals surface area contributed by atoms with Crippen LogP contribution < -0.4 is 14.4 Å². The summed E-state index contributed by atoms with van der Waals surface area (Å²) >= 11 is 0. The highest BCUT2D eigenvalue weighted by atomic mass is 16.5. The van der Waals surface area contributed by atoms with Gasteiger partial charge in [-0.1, -0.05) is 0 Å². The van der Waals surface area contributed by atoms with Gasteiger partial charge in [-0.25, -0.2) is 0 Å². The SMILES string of the molecule is COc1ccc(C(=O)/C=C/C(=O)N2CCN(c3cccnc3)CC2)cc1OC. The predicted molar refractivity (Wildman–Crippen MR) is 106 cm³/mol. The number of hydrogen-bond donors (Lipinski definition) is 0. The van der Waals surface area contributed by atoms with Gasteiger partial charge in [-0.15, -0.1) is 0 Å². The smallest absolute Gasteiger partial charge is 0.246 e. The maximum atomic E-state index is 12.4. The van der Waals surface area contributed by atoms with E-state index in [0.717, 1.165) is 18.8 Å². The fraction of sp³-hybridized carbons (Fsp3) is 0.286. The van der Waals surface area contributed by atoms with Gasteiger partial charge in [0.05, 0.1) is 26.1 Å². The van der Waals surface area contributed by atoms with E-state index in [1.165, 1.54) is 26.4 Å². The third kappa shape index (κ3) is 4.49. The van der Waals surface area contributed by atoms with Gasteiger partial charge in [0.1, 0.15) is 0 Å². The van der Waals surface area contributed by atoms with Crippen LogP contribution in [0.3, 0.4) is 0 Å². The number of nitrogens with zero attached hydrogens (tertiary/aromatic N) is 3. The van der Waals surface area contributed by atoms with E-state index in [-0.39, 0.29) is 11.7 Å². The van der Waals surface area contributed by atoms with Crippen molar-refractivity contribution in [3.63, 3.8) is 0 Å². The molecule has 1 saturated heterocycles. The summed E-state index contributed by atoms with van der Waals surface area (Å²) in [5.74, 6) is 0.591. The highest BCUT2D eigenvalue weighted by Gasteiger charge is 2.20. The molecule has 28 heavy (non-hydrogen) atoms. The average molecular weight is 381 g/mol. The Morgan fingerprint density at radius 3 is 2.39 bits per heavy atom. The number of amides is 1. The first-order valence-corrected chi connectivity index (χ1v) is 9.00. The molecule has 1 amide bonds. The number of aromatic nitrogens is 1. The summed E-state index contributed by atoms with van der Waals surface area (Å²) in [7, 11) is 3.04.